The maximum Gasteiger partial charge on any atom is 0.416 e. The van der Waals surface area contributed by atoms with Crippen molar-refractivity contribution in [1.29, 1.82) is 0 Å². The van der Waals surface area contributed by atoms with Crippen LogP contribution in [0.5, 0.6) is 0 Å². The van der Waals surface area contributed by atoms with Gasteiger partial charge in [-0.25, -0.2) is 4.99 Å². The third kappa shape index (κ3) is 6.10. The Kier molecular flexibility index (Phi) is 6.62. The summed E-state index contributed by atoms with van der Waals surface area (Å²) in [7, 11) is 0. The maximum atomic E-state index is 12.5. The lowest BCUT2D eigenvalue weighted by Gasteiger charge is -2.22. The second-order valence-corrected chi connectivity index (χ2v) is 5.99. The number of alkyl halides is 3. The lowest BCUT2D eigenvalue weighted by Crippen LogP contribution is -2.46. The summed E-state index contributed by atoms with van der Waals surface area (Å²) < 4.78 is 37.6. The van der Waals surface area contributed by atoms with Gasteiger partial charge in [-0.05, 0) is 38.5 Å². The van der Waals surface area contributed by atoms with E-state index in [9.17, 15) is 18.0 Å². The average molecular weight is 344 g/mol. The van der Waals surface area contributed by atoms with Crippen molar-refractivity contribution in [2.24, 2.45) is 16.1 Å². The number of benzene rings is 1. The zero-order valence-electron chi connectivity index (χ0n) is 14.0. The fourth-order valence-electron chi connectivity index (χ4n) is 1.70. The first kappa shape index (κ1) is 19.8. The summed E-state index contributed by atoms with van der Waals surface area (Å²) in [6.45, 7) is 6.42. The number of hydrogen-bond donors (Lipinski definition) is 3. The molecule has 134 valence electrons. The molecule has 1 aromatic carbocycles. The molecule has 0 unspecified atom stereocenters. The van der Waals surface area contributed by atoms with Gasteiger partial charge in [0.15, 0.2) is 5.96 Å². The first-order valence-corrected chi connectivity index (χ1v) is 7.54. The third-order valence-electron chi connectivity index (χ3n) is 3.41. The Balaban J connectivity index is 2.74. The molecule has 5 nitrogen and oxygen atoms in total. The minimum Gasteiger partial charge on any atom is -0.369 e. The van der Waals surface area contributed by atoms with Gasteiger partial charge in [-0.2, -0.15) is 13.2 Å². The molecule has 0 bridgehead atoms. The molecule has 0 fully saturated rings. The number of primary amides is 1. The van der Waals surface area contributed by atoms with Crippen LogP contribution in [0.25, 0.3) is 0 Å². The van der Waals surface area contributed by atoms with Gasteiger partial charge < -0.3 is 16.4 Å². The van der Waals surface area contributed by atoms with Crippen molar-refractivity contribution in [3.8, 4) is 0 Å². The highest BCUT2D eigenvalue weighted by Crippen LogP contribution is 2.29. The normalized spacial score (nSPS) is 12.8. The Morgan fingerprint density at radius 3 is 2.21 bits per heavy atom. The third-order valence-corrected chi connectivity index (χ3v) is 3.41. The van der Waals surface area contributed by atoms with E-state index in [1.54, 1.807) is 13.8 Å². The predicted octanol–water partition coefficient (Wildman–Crippen LogP) is 2.27. The number of amides is 1. The second-order valence-electron chi connectivity index (χ2n) is 5.99. The van der Waals surface area contributed by atoms with Crippen molar-refractivity contribution < 1.29 is 18.0 Å². The molecule has 0 aromatic heterocycles. The molecular weight excluding hydrogens is 321 g/mol. The molecule has 1 aromatic rings. The van der Waals surface area contributed by atoms with E-state index < -0.39 is 23.1 Å². The monoisotopic (exact) mass is 344 g/mol. The van der Waals surface area contributed by atoms with Crippen LogP contribution in [0.4, 0.5) is 13.2 Å². The van der Waals surface area contributed by atoms with E-state index in [-0.39, 0.29) is 6.54 Å². The van der Waals surface area contributed by atoms with E-state index in [1.807, 2.05) is 6.92 Å². The van der Waals surface area contributed by atoms with Gasteiger partial charge in [0.1, 0.15) is 0 Å². The molecule has 24 heavy (non-hydrogen) atoms. The van der Waals surface area contributed by atoms with Crippen LogP contribution >= 0.6 is 0 Å². The number of rotatable bonds is 6. The molecule has 0 aliphatic rings. The van der Waals surface area contributed by atoms with Gasteiger partial charge in [-0.3, -0.25) is 4.79 Å². The highest BCUT2D eigenvalue weighted by molar-refractivity contribution is 5.83. The zero-order valence-corrected chi connectivity index (χ0v) is 14.0. The molecule has 0 spiro atoms. The van der Waals surface area contributed by atoms with Crippen molar-refractivity contribution in [3.63, 3.8) is 0 Å². The summed E-state index contributed by atoms with van der Waals surface area (Å²) in [4.78, 5) is 15.6. The Bertz CT molecular complexity index is 580. The topological polar surface area (TPSA) is 79.5 Å². The molecule has 0 aliphatic carbocycles. The predicted molar refractivity (Wildman–Crippen MR) is 87.2 cm³/mol. The maximum absolute atomic E-state index is 12.5. The van der Waals surface area contributed by atoms with E-state index in [0.717, 1.165) is 12.1 Å². The fraction of sp³-hybridized carbons (Fsp3) is 0.500. The van der Waals surface area contributed by atoms with E-state index in [1.165, 1.54) is 12.1 Å². The Hall–Kier alpha value is -2.25. The van der Waals surface area contributed by atoms with Crippen molar-refractivity contribution in [1.82, 2.24) is 10.6 Å². The van der Waals surface area contributed by atoms with Crippen molar-refractivity contribution in [2.75, 3.05) is 13.1 Å². The molecule has 0 radical (unpaired) electrons. The molecule has 0 aliphatic heterocycles. The standard InChI is InChI=1S/C16H23F3N4O/c1-4-21-14(23-10-15(2,3)13(20)24)22-9-11-5-7-12(8-6-11)16(17,18)19/h5-8H,4,9-10H2,1-3H3,(H2,20,24)(H2,21,22,23). The van der Waals surface area contributed by atoms with Crippen LogP contribution in [0.3, 0.4) is 0 Å². The summed E-state index contributed by atoms with van der Waals surface area (Å²) in [5, 5.41) is 6.01. The number of carbonyl (C=O) groups is 1. The lowest BCUT2D eigenvalue weighted by molar-refractivity contribution is -0.137. The molecule has 4 N–H and O–H groups in total. The number of halogens is 3. The number of aliphatic imine (C=N–C) groups is 1. The SMILES string of the molecule is CCNC(=NCc1ccc(C(F)(F)F)cc1)NCC(C)(C)C(N)=O. The van der Waals surface area contributed by atoms with Crippen molar-refractivity contribution in [3.05, 3.63) is 35.4 Å². The van der Waals surface area contributed by atoms with Gasteiger partial charge in [0.2, 0.25) is 5.91 Å². The molecule has 0 saturated heterocycles. The lowest BCUT2D eigenvalue weighted by atomic mass is 9.93. The van der Waals surface area contributed by atoms with Crippen LogP contribution in [0.15, 0.2) is 29.3 Å². The van der Waals surface area contributed by atoms with Crippen LogP contribution in [0.1, 0.15) is 31.9 Å². The second kappa shape index (κ2) is 8.03. The van der Waals surface area contributed by atoms with Crippen molar-refractivity contribution in [2.45, 2.75) is 33.5 Å². The summed E-state index contributed by atoms with van der Waals surface area (Å²) in [6.07, 6.45) is -4.35. The van der Waals surface area contributed by atoms with Crippen LogP contribution in [0, 0.1) is 5.41 Å². The molecular formula is C16H23F3N4O. The van der Waals surface area contributed by atoms with Gasteiger partial charge in [0.05, 0.1) is 17.5 Å². The molecule has 1 amide bonds. The Morgan fingerprint density at radius 1 is 1.17 bits per heavy atom. The van der Waals surface area contributed by atoms with E-state index >= 15 is 0 Å². The summed E-state index contributed by atoms with van der Waals surface area (Å²) in [6, 6.07) is 4.84. The van der Waals surface area contributed by atoms with Crippen LogP contribution < -0.4 is 16.4 Å². The van der Waals surface area contributed by atoms with E-state index in [4.69, 9.17) is 5.73 Å². The quantitative estimate of drug-likeness (QED) is 0.547. The Labute approximate surface area is 139 Å². The number of nitrogens with zero attached hydrogens (tertiary/aromatic N) is 1. The molecule has 8 heteroatoms. The summed E-state index contributed by atoms with van der Waals surface area (Å²) in [5.74, 6) is 0.0281. The van der Waals surface area contributed by atoms with Gasteiger partial charge >= 0.3 is 6.18 Å². The number of nitrogens with two attached hydrogens (primary N) is 1. The van der Waals surface area contributed by atoms with Gasteiger partial charge in [0, 0.05) is 13.1 Å². The Morgan fingerprint density at radius 2 is 1.75 bits per heavy atom. The van der Waals surface area contributed by atoms with Crippen LogP contribution in [-0.4, -0.2) is 25.0 Å². The minimum atomic E-state index is -4.35. The van der Waals surface area contributed by atoms with Gasteiger partial charge in [-0.1, -0.05) is 12.1 Å². The smallest absolute Gasteiger partial charge is 0.369 e. The van der Waals surface area contributed by atoms with Crippen LogP contribution in [-0.2, 0) is 17.5 Å². The van der Waals surface area contributed by atoms with E-state index in [0.29, 0.717) is 24.6 Å². The first-order chi connectivity index (χ1) is 11.1. The highest BCUT2D eigenvalue weighted by Gasteiger charge is 2.29. The average Bonchev–Trinajstić information content (AvgIpc) is 2.49. The number of carbonyl (C=O) groups excluding carboxylic acids is 1. The molecule has 1 rings (SSSR count). The summed E-state index contributed by atoms with van der Waals surface area (Å²) >= 11 is 0. The first-order valence-electron chi connectivity index (χ1n) is 7.54. The van der Waals surface area contributed by atoms with E-state index in [2.05, 4.69) is 15.6 Å². The summed E-state index contributed by atoms with van der Waals surface area (Å²) in [5.41, 5.74) is 4.52. The van der Waals surface area contributed by atoms with Gasteiger partial charge in [-0.15, -0.1) is 0 Å². The fourth-order valence-corrected chi connectivity index (χ4v) is 1.70. The highest BCUT2D eigenvalue weighted by atomic mass is 19.4. The van der Waals surface area contributed by atoms with Gasteiger partial charge in [0.25, 0.3) is 0 Å². The number of guanidine groups is 1. The van der Waals surface area contributed by atoms with Crippen molar-refractivity contribution >= 4 is 11.9 Å². The zero-order chi connectivity index (χ0) is 18.4. The largest absolute Gasteiger partial charge is 0.416 e. The van der Waals surface area contributed by atoms with Crippen LogP contribution in [0.2, 0.25) is 0 Å². The molecule has 0 heterocycles. The minimum absolute atomic E-state index is 0.213. The number of hydrogen-bond acceptors (Lipinski definition) is 2. The molecule has 0 atom stereocenters. The number of nitrogens with one attached hydrogen (secondary N) is 2. The molecule has 0 saturated carbocycles.